The number of alkyl halides is 3. The van der Waals surface area contributed by atoms with Crippen molar-refractivity contribution in [2.75, 3.05) is 5.32 Å². The Kier molecular flexibility index (Phi) is 6.35. The first kappa shape index (κ1) is 25.1. The summed E-state index contributed by atoms with van der Waals surface area (Å²) >= 11 is 1.27. The third-order valence-corrected chi connectivity index (χ3v) is 7.52. The summed E-state index contributed by atoms with van der Waals surface area (Å²) < 4.78 is 39.1. The summed E-state index contributed by atoms with van der Waals surface area (Å²) in [6, 6.07) is 5.32. The fraction of sp³-hybridized carbons (Fsp3) is 0.417. The molecule has 0 unspecified atom stereocenters. The number of nitrogens with one attached hydrogen (secondary N) is 1. The quantitative estimate of drug-likeness (QED) is 0.403. The lowest BCUT2D eigenvalue weighted by Crippen LogP contribution is -2.44. The van der Waals surface area contributed by atoms with Crippen LogP contribution in [0.2, 0.25) is 0 Å². The average molecular weight is 507 g/mol. The van der Waals surface area contributed by atoms with Gasteiger partial charge < -0.3 is 15.5 Å². The SMILES string of the molecule is Cc1cc(Nc2cc(C(F)(F)F)ccn2)nc(-c2cnc([C@@]3(O)CC[C@H](C(=O)O)C(C)(C)C3)s2)c1. The highest BCUT2D eigenvalue weighted by Gasteiger charge is 2.49. The van der Waals surface area contributed by atoms with Gasteiger partial charge in [-0.2, -0.15) is 13.2 Å². The monoisotopic (exact) mass is 506 g/mol. The van der Waals surface area contributed by atoms with Gasteiger partial charge in [-0.15, -0.1) is 11.3 Å². The van der Waals surface area contributed by atoms with Crippen molar-refractivity contribution < 1.29 is 28.2 Å². The molecule has 0 saturated heterocycles. The van der Waals surface area contributed by atoms with E-state index in [0.29, 0.717) is 27.8 Å². The molecule has 3 aromatic rings. The van der Waals surface area contributed by atoms with E-state index in [-0.39, 0.29) is 18.7 Å². The third-order valence-electron chi connectivity index (χ3n) is 6.31. The number of pyridine rings is 2. The van der Waals surface area contributed by atoms with Gasteiger partial charge in [-0.3, -0.25) is 4.79 Å². The minimum atomic E-state index is -4.48. The summed E-state index contributed by atoms with van der Waals surface area (Å²) in [5.74, 6) is -1.07. The molecule has 2 atom stereocenters. The van der Waals surface area contributed by atoms with Crippen molar-refractivity contribution in [2.45, 2.75) is 51.8 Å². The molecule has 0 bridgehead atoms. The van der Waals surface area contributed by atoms with Crippen LogP contribution in [0.5, 0.6) is 0 Å². The number of carboxylic acids is 1. The Morgan fingerprint density at radius 2 is 1.94 bits per heavy atom. The number of aliphatic hydroxyl groups is 1. The highest BCUT2D eigenvalue weighted by molar-refractivity contribution is 7.15. The molecule has 1 fully saturated rings. The summed E-state index contributed by atoms with van der Waals surface area (Å²) in [5, 5.41) is 24.2. The van der Waals surface area contributed by atoms with Gasteiger partial charge in [0.1, 0.15) is 22.2 Å². The van der Waals surface area contributed by atoms with E-state index >= 15 is 0 Å². The van der Waals surface area contributed by atoms with Crippen molar-refractivity contribution in [2.24, 2.45) is 11.3 Å². The standard InChI is InChI=1S/C24H25F3N4O3S/c1-13-8-16(30-19(9-13)31-18-10-14(5-7-28-18)24(25,26)27)17-11-29-21(35-17)23(34)6-4-15(20(32)33)22(2,3)12-23/h5,7-11,15,34H,4,6,12H2,1-3H3,(H,32,33)(H,28,30,31)/t15-,23-/m1/s1. The van der Waals surface area contributed by atoms with Gasteiger partial charge in [-0.05, 0) is 61.4 Å². The van der Waals surface area contributed by atoms with Crippen LogP contribution < -0.4 is 5.32 Å². The zero-order chi connectivity index (χ0) is 25.6. The predicted molar refractivity (Wildman–Crippen MR) is 125 cm³/mol. The predicted octanol–water partition coefficient (Wildman–Crippen LogP) is 5.77. The Bertz CT molecular complexity index is 1260. The smallest absolute Gasteiger partial charge is 0.416 e. The van der Waals surface area contributed by atoms with Crippen molar-refractivity contribution in [3.05, 3.63) is 52.8 Å². The van der Waals surface area contributed by atoms with Crippen LogP contribution in [0.15, 0.2) is 36.7 Å². The molecule has 7 nitrogen and oxygen atoms in total. The third kappa shape index (κ3) is 5.30. The molecular weight excluding hydrogens is 481 g/mol. The number of thiazole rings is 1. The maximum Gasteiger partial charge on any atom is 0.416 e. The lowest BCUT2D eigenvalue weighted by Gasteiger charge is -2.44. The minimum Gasteiger partial charge on any atom is -0.481 e. The van der Waals surface area contributed by atoms with E-state index in [9.17, 15) is 28.2 Å². The van der Waals surface area contributed by atoms with Crippen LogP contribution in [0.3, 0.4) is 0 Å². The molecule has 3 aromatic heterocycles. The summed E-state index contributed by atoms with van der Waals surface area (Å²) in [4.78, 5) is 25.2. The Morgan fingerprint density at radius 1 is 1.20 bits per heavy atom. The molecule has 1 aliphatic rings. The number of nitrogens with zero attached hydrogens (tertiary/aromatic N) is 3. The van der Waals surface area contributed by atoms with E-state index < -0.39 is 34.6 Å². The number of aryl methyl sites for hydroxylation is 1. The molecule has 0 radical (unpaired) electrons. The Labute approximate surface area is 204 Å². The fourth-order valence-corrected chi connectivity index (χ4v) is 5.64. The van der Waals surface area contributed by atoms with Gasteiger partial charge >= 0.3 is 12.1 Å². The molecule has 0 spiro atoms. The van der Waals surface area contributed by atoms with Gasteiger partial charge in [0.05, 0.1) is 22.1 Å². The molecule has 3 N–H and O–H groups in total. The lowest BCUT2D eigenvalue weighted by atomic mass is 9.63. The van der Waals surface area contributed by atoms with E-state index in [1.54, 1.807) is 12.3 Å². The van der Waals surface area contributed by atoms with Crippen LogP contribution in [-0.4, -0.2) is 31.1 Å². The lowest BCUT2D eigenvalue weighted by molar-refractivity contribution is -0.154. The summed E-state index contributed by atoms with van der Waals surface area (Å²) in [5.41, 5.74) is -1.30. The van der Waals surface area contributed by atoms with Gasteiger partial charge in [0, 0.05) is 12.4 Å². The van der Waals surface area contributed by atoms with Crippen LogP contribution in [0.4, 0.5) is 24.8 Å². The Morgan fingerprint density at radius 3 is 2.60 bits per heavy atom. The second-order valence-electron chi connectivity index (χ2n) is 9.62. The number of anilines is 2. The van der Waals surface area contributed by atoms with E-state index in [1.807, 2.05) is 26.8 Å². The normalized spacial score (nSPS) is 22.1. The zero-order valence-electron chi connectivity index (χ0n) is 19.3. The van der Waals surface area contributed by atoms with Gasteiger partial charge in [0.15, 0.2) is 0 Å². The molecule has 1 aliphatic carbocycles. The molecule has 186 valence electrons. The van der Waals surface area contributed by atoms with Crippen LogP contribution in [0, 0.1) is 18.3 Å². The topological polar surface area (TPSA) is 108 Å². The van der Waals surface area contributed by atoms with Crippen LogP contribution in [0.1, 0.15) is 49.2 Å². The number of rotatable bonds is 5. The molecule has 0 aliphatic heterocycles. The number of carbonyl (C=O) groups is 1. The molecule has 1 saturated carbocycles. The first-order valence-corrected chi connectivity index (χ1v) is 11.8. The largest absolute Gasteiger partial charge is 0.481 e. The number of hydrogen-bond acceptors (Lipinski definition) is 7. The fourth-order valence-electron chi connectivity index (χ4n) is 4.65. The molecule has 11 heteroatoms. The van der Waals surface area contributed by atoms with E-state index in [2.05, 4.69) is 20.3 Å². The highest BCUT2D eigenvalue weighted by Crippen LogP contribution is 2.50. The molecule has 0 aromatic carbocycles. The number of aliphatic carboxylic acids is 1. The molecule has 35 heavy (non-hydrogen) atoms. The maximum absolute atomic E-state index is 13.0. The van der Waals surface area contributed by atoms with Crippen LogP contribution >= 0.6 is 11.3 Å². The maximum atomic E-state index is 13.0. The van der Waals surface area contributed by atoms with E-state index in [0.717, 1.165) is 23.9 Å². The Hall–Kier alpha value is -3.05. The van der Waals surface area contributed by atoms with E-state index in [1.165, 1.54) is 11.3 Å². The number of carboxylic acid groups (broad SMARTS) is 1. The second-order valence-corrected chi connectivity index (χ2v) is 10.7. The van der Waals surface area contributed by atoms with Gasteiger partial charge in [-0.1, -0.05) is 13.8 Å². The molecule has 0 amide bonds. The zero-order valence-corrected chi connectivity index (χ0v) is 20.2. The van der Waals surface area contributed by atoms with Crippen molar-refractivity contribution >= 4 is 28.9 Å². The minimum absolute atomic E-state index is 0.0144. The van der Waals surface area contributed by atoms with Crippen molar-refractivity contribution in [3.8, 4) is 10.6 Å². The van der Waals surface area contributed by atoms with Crippen LogP contribution in [-0.2, 0) is 16.6 Å². The Balaban J connectivity index is 1.59. The van der Waals surface area contributed by atoms with Gasteiger partial charge in [0.25, 0.3) is 0 Å². The summed E-state index contributed by atoms with van der Waals surface area (Å²) in [7, 11) is 0. The van der Waals surface area contributed by atoms with Gasteiger partial charge in [0.2, 0.25) is 0 Å². The molecule has 4 rings (SSSR count). The number of halogens is 3. The first-order chi connectivity index (χ1) is 16.3. The highest BCUT2D eigenvalue weighted by atomic mass is 32.1. The molecule has 3 heterocycles. The van der Waals surface area contributed by atoms with Crippen molar-refractivity contribution in [1.29, 1.82) is 0 Å². The summed E-state index contributed by atoms with van der Waals surface area (Å²) in [6.45, 7) is 5.51. The summed E-state index contributed by atoms with van der Waals surface area (Å²) in [6.07, 6.45) is -0.910. The second kappa shape index (κ2) is 8.87. The van der Waals surface area contributed by atoms with Crippen molar-refractivity contribution in [3.63, 3.8) is 0 Å². The number of aromatic nitrogens is 3. The molecular formula is C24H25F3N4O3S. The van der Waals surface area contributed by atoms with E-state index in [4.69, 9.17) is 0 Å². The van der Waals surface area contributed by atoms with Crippen molar-refractivity contribution in [1.82, 2.24) is 15.0 Å². The van der Waals surface area contributed by atoms with Gasteiger partial charge in [-0.25, -0.2) is 15.0 Å². The first-order valence-electron chi connectivity index (χ1n) is 11.0. The number of hydrogen-bond donors (Lipinski definition) is 3. The van der Waals surface area contributed by atoms with Crippen LogP contribution in [0.25, 0.3) is 10.6 Å². The average Bonchev–Trinajstić information content (AvgIpc) is 3.23.